The van der Waals surface area contributed by atoms with Gasteiger partial charge in [-0.3, -0.25) is 0 Å². The highest BCUT2D eigenvalue weighted by Crippen LogP contribution is 2.48. The van der Waals surface area contributed by atoms with Crippen LogP contribution in [0.1, 0.15) is 47.0 Å². The first-order valence-corrected chi connectivity index (χ1v) is 4.82. The van der Waals surface area contributed by atoms with Crippen LogP contribution in [-0.2, 0) is 0 Å². The zero-order valence-corrected chi connectivity index (χ0v) is 9.02. The fraction of sp³-hybridized carbons (Fsp3) is 1.00. The van der Waals surface area contributed by atoms with Crippen LogP contribution in [0.4, 0.5) is 0 Å². The zero-order valence-electron chi connectivity index (χ0n) is 9.02. The highest BCUT2D eigenvalue weighted by Gasteiger charge is 2.46. The van der Waals surface area contributed by atoms with Crippen LogP contribution in [0.3, 0.4) is 0 Å². The molecular weight excluding hydrogens is 166 g/mol. The molecule has 0 spiro atoms. The fourth-order valence-electron chi connectivity index (χ4n) is 3.15. The van der Waals surface area contributed by atoms with Crippen molar-refractivity contribution in [3.8, 4) is 0 Å². The lowest BCUT2D eigenvalue weighted by molar-refractivity contribution is -0.165. The van der Waals surface area contributed by atoms with Gasteiger partial charge in [0.25, 0.3) is 0 Å². The van der Waals surface area contributed by atoms with E-state index in [0.717, 1.165) is 6.42 Å². The van der Waals surface area contributed by atoms with Crippen LogP contribution in [-0.4, -0.2) is 16.0 Å². The number of nitrogens with one attached hydrogen (secondary N) is 1. The molecule has 1 aliphatic rings. The highest BCUT2D eigenvalue weighted by molar-refractivity contribution is 4.95. The van der Waals surface area contributed by atoms with Crippen LogP contribution in [0.2, 0.25) is 0 Å². The predicted octanol–water partition coefficient (Wildman–Crippen LogP) is 1.89. The van der Waals surface area contributed by atoms with Crippen LogP contribution in [0.25, 0.3) is 0 Å². The average molecular weight is 187 g/mol. The van der Waals surface area contributed by atoms with Crippen molar-refractivity contribution in [1.82, 2.24) is 5.48 Å². The summed E-state index contributed by atoms with van der Waals surface area (Å²) in [5.74, 6) is 0. The van der Waals surface area contributed by atoms with Crippen molar-refractivity contribution in [1.29, 1.82) is 0 Å². The van der Waals surface area contributed by atoms with Crippen molar-refractivity contribution in [2.24, 2.45) is 10.8 Å². The van der Waals surface area contributed by atoms with Crippen molar-refractivity contribution in [2.75, 3.05) is 0 Å². The van der Waals surface area contributed by atoms with Crippen LogP contribution in [0, 0.1) is 10.8 Å². The fourth-order valence-corrected chi connectivity index (χ4v) is 3.15. The van der Waals surface area contributed by atoms with E-state index in [1.807, 2.05) is 5.48 Å². The zero-order chi connectivity index (χ0) is 10.3. The predicted molar refractivity (Wildman–Crippen MR) is 51.3 cm³/mol. The van der Waals surface area contributed by atoms with Crippen LogP contribution in [0.15, 0.2) is 0 Å². The van der Waals surface area contributed by atoms with Crippen molar-refractivity contribution >= 4 is 0 Å². The van der Waals surface area contributed by atoms with Gasteiger partial charge in [0.1, 0.15) is 5.72 Å². The Morgan fingerprint density at radius 1 is 0.923 bits per heavy atom. The Labute approximate surface area is 80.1 Å². The van der Waals surface area contributed by atoms with Gasteiger partial charge in [-0.2, -0.15) is 5.48 Å². The molecule has 0 radical (unpaired) electrons. The topological polar surface area (TPSA) is 52.5 Å². The van der Waals surface area contributed by atoms with E-state index in [4.69, 9.17) is 5.21 Å². The van der Waals surface area contributed by atoms with Gasteiger partial charge >= 0.3 is 0 Å². The summed E-state index contributed by atoms with van der Waals surface area (Å²) in [6, 6.07) is 0. The maximum Gasteiger partial charge on any atom is 0.138 e. The third-order valence-electron chi connectivity index (χ3n) is 2.71. The summed E-state index contributed by atoms with van der Waals surface area (Å²) in [6.45, 7) is 8.48. The third-order valence-corrected chi connectivity index (χ3v) is 2.71. The lowest BCUT2D eigenvalue weighted by atomic mass is 9.62. The molecule has 3 nitrogen and oxygen atoms in total. The first kappa shape index (κ1) is 11.0. The summed E-state index contributed by atoms with van der Waals surface area (Å²) >= 11 is 0. The summed E-state index contributed by atoms with van der Waals surface area (Å²) < 4.78 is 0. The molecule has 3 heteroatoms. The summed E-state index contributed by atoms with van der Waals surface area (Å²) in [4.78, 5) is 0. The van der Waals surface area contributed by atoms with Crippen LogP contribution >= 0.6 is 0 Å². The smallest absolute Gasteiger partial charge is 0.138 e. The maximum atomic E-state index is 9.99. The molecule has 0 aromatic rings. The van der Waals surface area contributed by atoms with Crippen molar-refractivity contribution in [3.05, 3.63) is 0 Å². The average Bonchev–Trinajstić information content (AvgIpc) is 1.79. The molecule has 0 aromatic heterocycles. The first-order chi connectivity index (χ1) is 5.68. The molecule has 0 bridgehead atoms. The second kappa shape index (κ2) is 2.94. The van der Waals surface area contributed by atoms with Gasteiger partial charge in [0.05, 0.1) is 0 Å². The Balaban J connectivity index is 2.84. The lowest BCUT2D eigenvalue weighted by Crippen LogP contribution is -2.53. The molecule has 13 heavy (non-hydrogen) atoms. The van der Waals surface area contributed by atoms with Crippen LogP contribution < -0.4 is 5.48 Å². The van der Waals surface area contributed by atoms with Crippen LogP contribution in [0.5, 0.6) is 0 Å². The second-order valence-corrected chi connectivity index (χ2v) is 6.00. The van der Waals surface area contributed by atoms with Crippen molar-refractivity contribution in [3.63, 3.8) is 0 Å². The minimum atomic E-state index is -1.11. The Morgan fingerprint density at radius 2 is 1.31 bits per heavy atom. The first-order valence-electron chi connectivity index (χ1n) is 4.82. The SMILES string of the molecule is CC1(C)CC(C)(C)CC(O)(NO)C1. The molecular formula is C10H21NO2. The standard InChI is InChI=1S/C10H21NO2/c1-8(2)5-9(3,4)7-10(12,6-8)11-13/h11-13H,5-7H2,1-4H3. The van der Waals surface area contributed by atoms with E-state index < -0.39 is 5.72 Å². The van der Waals surface area contributed by atoms with Crippen molar-refractivity contribution < 1.29 is 10.3 Å². The van der Waals surface area contributed by atoms with Gasteiger partial charge in [-0.05, 0) is 30.1 Å². The summed E-state index contributed by atoms with van der Waals surface area (Å²) in [7, 11) is 0. The van der Waals surface area contributed by atoms with Gasteiger partial charge in [0, 0.05) is 0 Å². The van der Waals surface area contributed by atoms with E-state index in [9.17, 15) is 5.11 Å². The maximum absolute atomic E-state index is 9.99. The molecule has 0 aromatic carbocycles. The Morgan fingerprint density at radius 3 is 1.62 bits per heavy atom. The Hall–Kier alpha value is -0.120. The Kier molecular flexibility index (Phi) is 2.48. The van der Waals surface area contributed by atoms with E-state index >= 15 is 0 Å². The molecule has 0 saturated heterocycles. The van der Waals surface area contributed by atoms with Gasteiger partial charge in [-0.15, -0.1) is 0 Å². The molecule has 1 saturated carbocycles. The molecule has 1 aliphatic carbocycles. The summed E-state index contributed by atoms with van der Waals surface area (Å²) in [5.41, 5.74) is 1.09. The Bertz CT molecular complexity index is 183. The molecule has 0 heterocycles. The van der Waals surface area contributed by atoms with E-state index in [1.54, 1.807) is 0 Å². The van der Waals surface area contributed by atoms with Gasteiger partial charge < -0.3 is 10.3 Å². The molecule has 0 amide bonds. The minimum absolute atomic E-state index is 0.0756. The third kappa shape index (κ3) is 2.66. The minimum Gasteiger partial charge on any atom is -0.374 e. The molecule has 1 rings (SSSR count). The monoisotopic (exact) mass is 187 g/mol. The molecule has 1 fully saturated rings. The normalized spacial score (nSPS) is 30.0. The second-order valence-electron chi connectivity index (χ2n) is 6.00. The molecule has 78 valence electrons. The number of hydrogen-bond donors (Lipinski definition) is 3. The van der Waals surface area contributed by atoms with E-state index in [1.165, 1.54) is 0 Å². The van der Waals surface area contributed by atoms with Crippen molar-refractivity contribution in [2.45, 2.75) is 52.7 Å². The molecule has 0 unspecified atom stereocenters. The van der Waals surface area contributed by atoms with Gasteiger partial charge in [-0.25, -0.2) is 0 Å². The number of aliphatic hydroxyl groups is 1. The van der Waals surface area contributed by atoms with E-state index in [0.29, 0.717) is 12.8 Å². The van der Waals surface area contributed by atoms with Gasteiger partial charge in [0.2, 0.25) is 0 Å². The largest absolute Gasteiger partial charge is 0.374 e. The molecule has 3 N–H and O–H groups in total. The van der Waals surface area contributed by atoms with E-state index in [2.05, 4.69) is 27.7 Å². The van der Waals surface area contributed by atoms with Gasteiger partial charge in [-0.1, -0.05) is 27.7 Å². The highest BCUT2D eigenvalue weighted by atomic mass is 16.5. The molecule has 0 atom stereocenters. The lowest BCUT2D eigenvalue weighted by Gasteiger charge is -2.48. The molecule has 0 aliphatic heterocycles. The quantitative estimate of drug-likeness (QED) is 0.434. The van der Waals surface area contributed by atoms with Gasteiger partial charge in [0.15, 0.2) is 0 Å². The summed E-state index contributed by atoms with van der Waals surface area (Å²) in [5, 5.41) is 18.9. The number of hydroxylamine groups is 1. The van der Waals surface area contributed by atoms with E-state index in [-0.39, 0.29) is 10.8 Å². The number of rotatable bonds is 1. The summed E-state index contributed by atoms with van der Waals surface area (Å²) in [6.07, 6.45) is 2.27. The number of hydrogen-bond acceptors (Lipinski definition) is 3.